The molecule has 0 spiro atoms. The summed E-state index contributed by atoms with van der Waals surface area (Å²) in [6, 6.07) is 7.27. The number of hydrogen-bond acceptors (Lipinski definition) is 5. The van der Waals surface area contributed by atoms with E-state index in [9.17, 15) is 4.79 Å². The normalized spacial score (nSPS) is 17.1. The molecule has 1 fully saturated rings. The zero-order chi connectivity index (χ0) is 19.2. The average molecular weight is 392 g/mol. The van der Waals surface area contributed by atoms with Gasteiger partial charge in [0.05, 0.1) is 11.1 Å². The first kappa shape index (κ1) is 19.7. The summed E-state index contributed by atoms with van der Waals surface area (Å²) in [7, 11) is 3.96. The summed E-state index contributed by atoms with van der Waals surface area (Å²) < 4.78 is 7.53. The molecule has 2 aromatic rings. The van der Waals surface area contributed by atoms with E-state index in [1.54, 1.807) is 24.3 Å². The van der Waals surface area contributed by atoms with Gasteiger partial charge in [0.1, 0.15) is 12.4 Å². The van der Waals surface area contributed by atoms with Crippen LogP contribution in [0.25, 0.3) is 0 Å². The predicted octanol–water partition coefficient (Wildman–Crippen LogP) is 2.65. The molecule has 1 aromatic carbocycles. The number of nitrogens with zero attached hydrogens (tertiary/aromatic N) is 3. The molecule has 3 rings (SSSR count). The second-order valence-electron chi connectivity index (χ2n) is 6.93. The third-order valence-corrected chi connectivity index (χ3v) is 4.77. The molecule has 7 nitrogen and oxygen atoms in total. The fraction of sp³-hybridized carbons (Fsp3) is 0.474. The SMILES string of the molecule is CN(C)CCOc1ccc(NC(=O)c2ccn(C3CCCNC3)n2)cc1Cl. The number of aromatic nitrogens is 2. The molecule has 0 saturated carbocycles. The lowest BCUT2D eigenvalue weighted by Crippen LogP contribution is -2.32. The van der Waals surface area contributed by atoms with Gasteiger partial charge in [-0.05, 0) is 57.7 Å². The van der Waals surface area contributed by atoms with Gasteiger partial charge in [0.25, 0.3) is 5.91 Å². The lowest BCUT2D eigenvalue weighted by molar-refractivity contribution is 0.102. The van der Waals surface area contributed by atoms with Gasteiger partial charge in [-0.15, -0.1) is 0 Å². The monoisotopic (exact) mass is 391 g/mol. The van der Waals surface area contributed by atoms with Crippen LogP contribution in [0.3, 0.4) is 0 Å². The van der Waals surface area contributed by atoms with Gasteiger partial charge < -0.3 is 20.3 Å². The maximum Gasteiger partial charge on any atom is 0.276 e. The summed E-state index contributed by atoms with van der Waals surface area (Å²) in [6.07, 6.45) is 4.05. The van der Waals surface area contributed by atoms with Crippen molar-refractivity contribution in [3.63, 3.8) is 0 Å². The van der Waals surface area contributed by atoms with Crippen LogP contribution in [-0.2, 0) is 0 Å². The van der Waals surface area contributed by atoms with Crippen molar-refractivity contribution in [2.75, 3.05) is 45.7 Å². The van der Waals surface area contributed by atoms with Crippen molar-refractivity contribution >= 4 is 23.2 Å². The highest BCUT2D eigenvalue weighted by Crippen LogP contribution is 2.28. The van der Waals surface area contributed by atoms with Crippen molar-refractivity contribution < 1.29 is 9.53 Å². The number of anilines is 1. The lowest BCUT2D eigenvalue weighted by atomic mass is 10.1. The quantitative estimate of drug-likeness (QED) is 0.759. The molecule has 0 bridgehead atoms. The van der Waals surface area contributed by atoms with E-state index < -0.39 is 0 Å². The van der Waals surface area contributed by atoms with Crippen LogP contribution in [0.2, 0.25) is 5.02 Å². The molecule has 1 aromatic heterocycles. The van der Waals surface area contributed by atoms with Gasteiger partial charge in [0.2, 0.25) is 0 Å². The maximum absolute atomic E-state index is 12.5. The summed E-state index contributed by atoms with van der Waals surface area (Å²) in [5.74, 6) is 0.348. The first-order chi connectivity index (χ1) is 13.0. The number of rotatable bonds is 7. The van der Waals surface area contributed by atoms with E-state index in [0.29, 0.717) is 34.8 Å². The Morgan fingerprint density at radius 3 is 3.00 bits per heavy atom. The predicted molar refractivity (Wildman–Crippen MR) is 107 cm³/mol. The second-order valence-corrected chi connectivity index (χ2v) is 7.34. The molecule has 1 atom stereocenters. The Bertz CT molecular complexity index is 771. The van der Waals surface area contributed by atoms with Gasteiger partial charge in [0, 0.05) is 25.0 Å². The van der Waals surface area contributed by atoms with E-state index in [0.717, 1.165) is 32.5 Å². The van der Waals surface area contributed by atoms with E-state index in [2.05, 4.69) is 15.7 Å². The summed E-state index contributed by atoms with van der Waals surface area (Å²) in [6.45, 7) is 3.27. The van der Waals surface area contributed by atoms with Crippen LogP contribution in [0.1, 0.15) is 29.4 Å². The number of hydrogen-bond donors (Lipinski definition) is 2. The fourth-order valence-electron chi connectivity index (χ4n) is 2.95. The summed E-state index contributed by atoms with van der Waals surface area (Å²) in [5.41, 5.74) is 1.00. The molecule has 1 saturated heterocycles. The maximum atomic E-state index is 12.5. The molecular formula is C19H26ClN5O2. The van der Waals surface area contributed by atoms with Gasteiger partial charge in [0.15, 0.2) is 5.69 Å². The topological polar surface area (TPSA) is 71.4 Å². The van der Waals surface area contributed by atoms with Crippen molar-refractivity contribution in [1.82, 2.24) is 20.0 Å². The minimum atomic E-state index is -0.255. The lowest BCUT2D eigenvalue weighted by Gasteiger charge is -2.22. The number of benzene rings is 1. The molecule has 0 aliphatic carbocycles. The van der Waals surface area contributed by atoms with E-state index in [4.69, 9.17) is 16.3 Å². The Morgan fingerprint density at radius 1 is 1.44 bits per heavy atom. The third-order valence-electron chi connectivity index (χ3n) is 4.47. The van der Waals surface area contributed by atoms with E-state index in [1.165, 1.54) is 0 Å². The smallest absolute Gasteiger partial charge is 0.276 e. The van der Waals surface area contributed by atoms with Crippen LogP contribution in [0.4, 0.5) is 5.69 Å². The van der Waals surface area contributed by atoms with Gasteiger partial charge in [-0.2, -0.15) is 5.10 Å². The Morgan fingerprint density at radius 2 is 2.30 bits per heavy atom. The zero-order valence-corrected chi connectivity index (χ0v) is 16.5. The van der Waals surface area contributed by atoms with Crippen LogP contribution < -0.4 is 15.4 Å². The highest BCUT2D eigenvalue weighted by molar-refractivity contribution is 6.32. The molecule has 0 radical (unpaired) electrons. The zero-order valence-electron chi connectivity index (χ0n) is 15.7. The number of halogens is 1. The molecule has 2 heterocycles. The second kappa shape index (κ2) is 9.21. The molecule has 1 unspecified atom stereocenters. The van der Waals surface area contributed by atoms with Gasteiger partial charge in [-0.3, -0.25) is 9.48 Å². The van der Waals surface area contributed by atoms with Crippen LogP contribution >= 0.6 is 11.6 Å². The van der Waals surface area contributed by atoms with Crippen molar-refractivity contribution in [3.05, 3.63) is 41.2 Å². The molecule has 1 aliphatic heterocycles. The molecule has 1 amide bonds. The van der Waals surface area contributed by atoms with E-state index >= 15 is 0 Å². The highest BCUT2D eigenvalue weighted by atomic mass is 35.5. The first-order valence-electron chi connectivity index (χ1n) is 9.17. The number of amides is 1. The number of likely N-dealkylation sites (N-methyl/N-ethyl adjacent to an activating group) is 1. The van der Waals surface area contributed by atoms with Crippen molar-refractivity contribution in [3.8, 4) is 5.75 Å². The van der Waals surface area contributed by atoms with Crippen LogP contribution in [0, 0.1) is 0 Å². The van der Waals surface area contributed by atoms with Crippen LogP contribution in [0.5, 0.6) is 5.75 Å². The molecular weight excluding hydrogens is 366 g/mol. The summed E-state index contributed by atoms with van der Waals surface area (Å²) in [4.78, 5) is 14.5. The number of piperidine rings is 1. The van der Waals surface area contributed by atoms with Crippen molar-refractivity contribution in [1.29, 1.82) is 0 Å². The molecule has 1 aliphatic rings. The van der Waals surface area contributed by atoms with E-state index in [1.807, 2.05) is 29.9 Å². The largest absolute Gasteiger partial charge is 0.491 e. The van der Waals surface area contributed by atoms with Crippen molar-refractivity contribution in [2.45, 2.75) is 18.9 Å². The molecule has 2 N–H and O–H groups in total. The Hall–Kier alpha value is -2.09. The number of carbonyl (C=O) groups excluding carboxylic acids is 1. The van der Waals surface area contributed by atoms with Gasteiger partial charge in [-0.25, -0.2) is 0 Å². The Labute approximate surface area is 164 Å². The number of ether oxygens (including phenoxy) is 1. The molecule has 27 heavy (non-hydrogen) atoms. The van der Waals surface area contributed by atoms with Gasteiger partial charge in [-0.1, -0.05) is 11.6 Å². The Balaban J connectivity index is 1.59. The average Bonchev–Trinajstić information content (AvgIpc) is 3.14. The van der Waals surface area contributed by atoms with Crippen LogP contribution in [0.15, 0.2) is 30.5 Å². The number of nitrogens with one attached hydrogen (secondary N) is 2. The van der Waals surface area contributed by atoms with Crippen molar-refractivity contribution in [2.24, 2.45) is 0 Å². The highest BCUT2D eigenvalue weighted by Gasteiger charge is 2.18. The summed E-state index contributed by atoms with van der Waals surface area (Å²) in [5, 5.41) is 11.1. The summed E-state index contributed by atoms with van der Waals surface area (Å²) >= 11 is 6.26. The minimum absolute atomic E-state index is 0.255. The Kier molecular flexibility index (Phi) is 6.71. The van der Waals surface area contributed by atoms with E-state index in [-0.39, 0.29) is 5.91 Å². The number of carbonyl (C=O) groups is 1. The first-order valence-corrected chi connectivity index (χ1v) is 9.55. The third kappa shape index (κ3) is 5.45. The standard InChI is InChI=1S/C19H26ClN5O2/c1-24(2)10-11-27-18-6-5-14(12-16(18)20)22-19(26)17-7-9-25(23-17)15-4-3-8-21-13-15/h5-7,9,12,15,21H,3-4,8,10-11,13H2,1-2H3,(H,22,26). The molecule has 8 heteroatoms. The fourth-order valence-corrected chi connectivity index (χ4v) is 3.19. The molecule has 146 valence electrons. The van der Waals surface area contributed by atoms with Crippen LogP contribution in [-0.4, -0.2) is 60.9 Å². The van der Waals surface area contributed by atoms with Gasteiger partial charge >= 0.3 is 0 Å². The minimum Gasteiger partial charge on any atom is -0.491 e.